The van der Waals surface area contributed by atoms with E-state index in [2.05, 4.69) is 89.1 Å². The van der Waals surface area contributed by atoms with Gasteiger partial charge in [-0.3, -0.25) is 0 Å². The van der Waals surface area contributed by atoms with Crippen molar-refractivity contribution in [3.05, 3.63) is 89.9 Å². The number of rotatable bonds is 3. The summed E-state index contributed by atoms with van der Waals surface area (Å²) in [6.45, 7) is 6.31. The van der Waals surface area contributed by atoms with Gasteiger partial charge < -0.3 is 13.8 Å². The first kappa shape index (κ1) is 17.9. The van der Waals surface area contributed by atoms with Crippen LogP contribution in [-0.2, 0) is 0 Å². The minimum absolute atomic E-state index is 1.08. The molecule has 6 nitrogen and oxygen atoms in total. The van der Waals surface area contributed by atoms with Crippen LogP contribution in [0.15, 0.2) is 73.2 Å². The summed E-state index contributed by atoms with van der Waals surface area (Å²) in [5.74, 6) is 0. The average Bonchev–Trinajstić information content (AvgIpc) is 3.46. The molecule has 152 valence electrons. The van der Waals surface area contributed by atoms with Gasteiger partial charge in [-0.15, -0.1) is 0 Å². The van der Waals surface area contributed by atoms with Crippen molar-refractivity contribution < 1.29 is 0 Å². The van der Waals surface area contributed by atoms with Gasteiger partial charge >= 0.3 is 7.12 Å². The van der Waals surface area contributed by atoms with Crippen LogP contribution in [0.5, 0.6) is 0 Å². The molecule has 0 aliphatic carbocycles. The van der Waals surface area contributed by atoms with Gasteiger partial charge in [-0.2, -0.15) is 0 Å². The normalized spacial score (nSPS) is 12.0. The maximum absolute atomic E-state index is 4.83. The van der Waals surface area contributed by atoms with Gasteiger partial charge in [0.25, 0.3) is 0 Å². The van der Waals surface area contributed by atoms with Crippen LogP contribution in [0.3, 0.4) is 0 Å². The predicted molar refractivity (Wildman–Crippen MR) is 127 cm³/mol. The van der Waals surface area contributed by atoms with Crippen molar-refractivity contribution in [2.24, 2.45) is 0 Å². The summed E-state index contributed by atoms with van der Waals surface area (Å²) in [4.78, 5) is 0. The summed E-state index contributed by atoms with van der Waals surface area (Å²) >= 11 is 0. The molecule has 6 rings (SSSR count). The van der Waals surface area contributed by atoms with Crippen LogP contribution >= 0.6 is 0 Å². The second kappa shape index (κ2) is 6.57. The van der Waals surface area contributed by atoms with Crippen LogP contribution in [0.4, 0.5) is 0 Å². The SMILES string of the molecule is Cc1ccc2c(cnn2[BH-](n2ncc3cc(C)ccc32)n2ncc3cc(C)ccc32)c1. The maximum atomic E-state index is 4.83. The highest BCUT2D eigenvalue weighted by molar-refractivity contribution is 6.56. The van der Waals surface area contributed by atoms with E-state index in [9.17, 15) is 0 Å². The summed E-state index contributed by atoms with van der Waals surface area (Å²) in [7, 11) is -1.50. The first-order valence-electron chi connectivity index (χ1n) is 10.6. The van der Waals surface area contributed by atoms with Crippen LogP contribution in [-0.4, -0.2) is 36.2 Å². The molecule has 7 heteroatoms. The van der Waals surface area contributed by atoms with Crippen molar-refractivity contribution in [1.29, 1.82) is 0 Å². The molecular weight excluding hydrogens is 383 g/mol. The van der Waals surface area contributed by atoms with E-state index in [1.54, 1.807) is 0 Å². The third kappa shape index (κ3) is 2.77. The number of aromatic nitrogens is 6. The monoisotopic (exact) mass is 405 g/mol. The average molecular weight is 405 g/mol. The van der Waals surface area contributed by atoms with Crippen LogP contribution in [0, 0.1) is 20.8 Å². The van der Waals surface area contributed by atoms with Crippen LogP contribution in [0.1, 0.15) is 16.7 Å². The lowest BCUT2D eigenvalue weighted by Gasteiger charge is -2.29. The minimum Gasteiger partial charge on any atom is -0.396 e. The fourth-order valence-corrected chi connectivity index (χ4v) is 4.68. The van der Waals surface area contributed by atoms with E-state index in [0.29, 0.717) is 0 Å². The Balaban J connectivity index is 1.67. The minimum atomic E-state index is -1.50. The van der Waals surface area contributed by atoms with Gasteiger partial charge in [0.1, 0.15) is 0 Å². The molecule has 0 spiro atoms. The van der Waals surface area contributed by atoms with E-state index in [4.69, 9.17) is 15.3 Å². The summed E-state index contributed by atoms with van der Waals surface area (Å²) in [6.07, 6.45) is 5.82. The van der Waals surface area contributed by atoms with Gasteiger partial charge in [-0.05, 0) is 57.2 Å². The van der Waals surface area contributed by atoms with E-state index in [1.165, 1.54) is 16.7 Å². The van der Waals surface area contributed by atoms with Crippen molar-refractivity contribution in [2.75, 3.05) is 0 Å². The quantitative estimate of drug-likeness (QED) is 0.412. The fourth-order valence-electron chi connectivity index (χ4n) is 4.68. The Morgan fingerprint density at radius 1 is 0.516 bits per heavy atom. The molecule has 3 aromatic heterocycles. The Morgan fingerprint density at radius 2 is 0.839 bits per heavy atom. The summed E-state index contributed by atoms with van der Waals surface area (Å²) in [5, 5.41) is 17.9. The van der Waals surface area contributed by atoms with E-state index < -0.39 is 7.12 Å². The van der Waals surface area contributed by atoms with Crippen molar-refractivity contribution in [2.45, 2.75) is 20.8 Å². The van der Waals surface area contributed by atoms with E-state index in [1.807, 2.05) is 18.6 Å². The lowest BCUT2D eigenvalue weighted by atomic mass is 9.92. The van der Waals surface area contributed by atoms with Crippen molar-refractivity contribution >= 4 is 39.8 Å². The van der Waals surface area contributed by atoms with Crippen LogP contribution in [0.25, 0.3) is 32.7 Å². The second-order valence-electron chi connectivity index (χ2n) is 8.54. The first-order valence-corrected chi connectivity index (χ1v) is 10.6. The highest BCUT2D eigenvalue weighted by Gasteiger charge is 2.19. The molecule has 0 unspecified atom stereocenters. The van der Waals surface area contributed by atoms with Gasteiger partial charge in [0.05, 0.1) is 18.6 Å². The molecule has 0 N–H and O–H groups in total. The number of aryl methyl sites for hydroxylation is 3. The zero-order valence-electron chi connectivity index (χ0n) is 17.8. The molecule has 0 aliphatic heterocycles. The van der Waals surface area contributed by atoms with Crippen molar-refractivity contribution in [3.63, 3.8) is 0 Å². The highest BCUT2D eigenvalue weighted by Crippen LogP contribution is 2.23. The Kier molecular flexibility index (Phi) is 3.80. The molecule has 0 amide bonds. The molecular formula is C24H22BN6-. The number of fused-ring (bicyclic) bond motifs is 3. The van der Waals surface area contributed by atoms with Crippen LogP contribution in [0.2, 0.25) is 0 Å². The zero-order valence-corrected chi connectivity index (χ0v) is 17.8. The Labute approximate surface area is 179 Å². The van der Waals surface area contributed by atoms with Gasteiger partial charge in [-0.25, -0.2) is 15.3 Å². The molecule has 0 fully saturated rings. The summed E-state index contributed by atoms with van der Waals surface area (Å²) in [5.41, 5.74) is 6.90. The molecule has 0 saturated heterocycles. The van der Waals surface area contributed by atoms with Crippen molar-refractivity contribution in [1.82, 2.24) is 29.1 Å². The molecule has 31 heavy (non-hydrogen) atoms. The molecule has 0 saturated carbocycles. The number of hydrogen-bond acceptors (Lipinski definition) is 3. The number of hydrogen-bond donors (Lipinski definition) is 0. The molecule has 0 aliphatic rings. The number of nitrogens with zero attached hydrogens (tertiary/aromatic N) is 6. The van der Waals surface area contributed by atoms with Crippen molar-refractivity contribution in [3.8, 4) is 0 Å². The van der Waals surface area contributed by atoms with E-state index in [-0.39, 0.29) is 0 Å². The molecule has 0 radical (unpaired) electrons. The van der Waals surface area contributed by atoms with Gasteiger partial charge in [0.15, 0.2) is 0 Å². The smallest absolute Gasteiger partial charge is 0.327 e. The van der Waals surface area contributed by atoms with Gasteiger partial charge in [0, 0.05) is 32.7 Å². The molecule has 3 heterocycles. The van der Waals surface area contributed by atoms with E-state index in [0.717, 1.165) is 32.7 Å². The first-order chi connectivity index (χ1) is 15.1. The fraction of sp³-hybridized carbons (Fsp3) is 0.125. The van der Waals surface area contributed by atoms with E-state index >= 15 is 0 Å². The highest BCUT2D eigenvalue weighted by atomic mass is 15.4. The molecule has 6 aromatic rings. The second-order valence-corrected chi connectivity index (χ2v) is 8.54. The van der Waals surface area contributed by atoms with Gasteiger partial charge in [-0.1, -0.05) is 34.9 Å². The summed E-state index contributed by atoms with van der Waals surface area (Å²) < 4.78 is 6.27. The Morgan fingerprint density at radius 3 is 1.16 bits per heavy atom. The molecule has 0 atom stereocenters. The maximum Gasteiger partial charge on any atom is 0.327 e. The lowest BCUT2D eigenvalue weighted by molar-refractivity contribution is 0.805. The standard InChI is InChI=1S/C24H22BN6/c1-16-4-7-22-19(10-16)13-26-29(22)25(30-23-8-5-17(2)11-20(23)14-27-30)31-24-9-6-18(3)12-21(24)15-28-31/h4-15,25H,1-3H3/q-1. The topological polar surface area (TPSA) is 53.5 Å². The Bertz CT molecular complexity index is 1400. The zero-order chi connectivity index (χ0) is 21.1. The molecule has 3 aromatic carbocycles. The largest absolute Gasteiger partial charge is 0.396 e. The summed E-state index contributed by atoms with van der Waals surface area (Å²) in [6, 6.07) is 19.3. The van der Waals surface area contributed by atoms with Gasteiger partial charge in [0.2, 0.25) is 0 Å². The third-order valence-corrected chi connectivity index (χ3v) is 6.20. The van der Waals surface area contributed by atoms with Crippen LogP contribution < -0.4 is 0 Å². The Hall–Kier alpha value is -3.87. The number of benzene rings is 3. The molecule has 0 bridgehead atoms. The predicted octanol–water partition coefficient (Wildman–Crippen LogP) is 4.32. The lowest BCUT2D eigenvalue weighted by Crippen LogP contribution is -2.43. The third-order valence-electron chi connectivity index (χ3n) is 6.20.